The van der Waals surface area contributed by atoms with Gasteiger partial charge in [0.25, 0.3) is 5.67 Å². The summed E-state index contributed by atoms with van der Waals surface area (Å²) >= 11 is 0. The summed E-state index contributed by atoms with van der Waals surface area (Å²) in [5, 5.41) is 0. The molecule has 0 aliphatic carbocycles. The van der Waals surface area contributed by atoms with Crippen LogP contribution >= 0.6 is 0 Å². The van der Waals surface area contributed by atoms with Crippen molar-refractivity contribution in [1.82, 2.24) is 0 Å². The molecule has 13 heavy (non-hydrogen) atoms. The zero-order valence-corrected chi connectivity index (χ0v) is 6.88. The van der Waals surface area contributed by atoms with E-state index in [9.17, 15) is 26.3 Å². The summed E-state index contributed by atoms with van der Waals surface area (Å²) in [4.78, 5) is 0. The highest BCUT2D eigenvalue weighted by atomic mass is 19.4. The Labute approximate surface area is 70.7 Å². The molecule has 1 unspecified atom stereocenters. The third-order valence-corrected chi connectivity index (χ3v) is 1.40. The van der Waals surface area contributed by atoms with Gasteiger partial charge in [-0.25, -0.2) is 4.39 Å². The molecule has 0 aliphatic heterocycles. The first kappa shape index (κ1) is 12.5. The molecule has 7 heteroatoms. The molecule has 0 saturated carbocycles. The van der Waals surface area contributed by atoms with Crippen LogP contribution in [-0.2, 0) is 4.74 Å². The SMILES string of the molecule is CCOC(F)(F)C(C)(F)C(F)(F)F. The minimum Gasteiger partial charge on any atom is -0.318 e. The van der Waals surface area contributed by atoms with E-state index in [-0.39, 0.29) is 6.92 Å². The molecule has 0 heterocycles. The summed E-state index contributed by atoms with van der Waals surface area (Å²) in [6.07, 6.45) is -10.5. The second kappa shape index (κ2) is 3.36. The summed E-state index contributed by atoms with van der Waals surface area (Å²) < 4.78 is 75.9. The molecule has 80 valence electrons. The molecule has 0 aliphatic rings. The average molecular weight is 210 g/mol. The van der Waals surface area contributed by atoms with Gasteiger partial charge in [0, 0.05) is 0 Å². The Balaban J connectivity index is 4.81. The summed E-state index contributed by atoms with van der Waals surface area (Å²) in [5.74, 6) is 0. The van der Waals surface area contributed by atoms with Crippen LogP contribution in [0.3, 0.4) is 0 Å². The van der Waals surface area contributed by atoms with Crippen molar-refractivity contribution in [2.75, 3.05) is 6.61 Å². The Hall–Kier alpha value is -0.460. The Bertz CT molecular complexity index is 172. The van der Waals surface area contributed by atoms with E-state index in [0.29, 0.717) is 0 Å². The Morgan fingerprint density at radius 2 is 1.38 bits per heavy atom. The van der Waals surface area contributed by atoms with E-state index >= 15 is 0 Å². The summed E-state index contributed by atoms with van der Waals surface area (Å²) in [7, 11) is 0. The Morgan fingerprint density at radius 3 is 1.62 bits per heavy atom. The van der Waals surface area contributed by atoms with Crippen LogP contribution in [0.15, 0.2) is 0 Å². The van der Waals surface area contributed by atoms with E-state index in [1.54, 1.807) is 0 Å². The maximum atomic E-state index is 12.6. The molecule has 0 bridgehead atoms. The highest BCUT2D eigenvalue weighted by molar-refractivity contribution is 4.90. The van der Waals surface area contributed by atoms with Crippen molar-refractivity contribution in [3.63, 3.8) is 0 Å². The first-order chi connectivity index (χ1) is 5.56. The van der Waals surface area contributed by atoms with Crippen LogP contribution in [0.1, 0.15) is 13.8 Å². The maximum Gasteiger partial charge on any atom is 0.430 e. The van der Waals surface area contributed by atoms with E-state index in [0.717, 1.165) is 6.92 Å². The predicted molar refractivity (Wildman–Crippen MR) is 32.1 cm³/mol. The lowest BCUT2D eigenvalue weighted by Gasteiger charge is -2.30. The van der Waals surface area contributed by atoms with E-state index in [4.69, 9.17) is 0 Å². The van der Waals surface area contributed by atoms with Crippen molar-refractivity contribution in [2.24, 2.45) is 0 Å². The average Bonchev–Trinajstić information content (AvgIpc) is 1.84. The number of halogens is 6. The third kappa shape index (κ3) is 2.26. The van der Waals surface area contributed by atoms with Crippen molar-refractivity contribution in [2.45, 2.75) is 31.8 Å². The van der Waals surface area contributed by atoms with Gasteiger partial charge in [-0.1, -0.05) is 0 Å². The Morgan fingerprint density at radius 1 is 1.00 bits per heavy atom. The van der Waals surface area contributed by atoms with Crippen molar-refractivity contribution in [3.8, 4) is 0 Å². The second-order valence-electron chi connectivity index (χ2n) is 2.45. The minimum absolute atomic E-state index is 0.261. The van der Waals surface area contributed by atoms with Crippen molar-refractivity contribution in [3.05, 3.63) is 0 Å². The highest BCUT2D eigenvalue weighted by Crippen LogP contribution is 2.45. The number of hydrogen-bond acceptors (Lipinski definition) is 1. The molecule has 0 amide bonds. The number of alkyl halides is 6. The predicted octanol–water partition coefficient (Wildman–Crippen LogP) is 2.91. The normalized spacial score (nSPS) is 18.5. The van der Waals surface area contributed by atoms with E-state index < -0.39 is 24.6 Å². The lowest BCUT2D eigenvalue weighted by molar-refractivity contribution is -0.375. The van der Waals surface area contributed by atoms with Gasteiger partial charge in [-0.3, -0.25) is 0 Å². The molecule has 0 aromatic carbocycles. The van der Waals surface area contributed by atoms with Crippen LogP contribution < -0.4 is 0 Å². The minimum atomic E-state index is -5.66. The Kier molecular flexibility index (Phi) is 3.24. The number of hydrogen-bond donors (Lipinski definition) is 0. The standard InChI is InChI=1S/C6H8F6O/c1-3-13-6(11,12)4(2,7)5(8,9)10/h3H2,1-2H3. The van der Waals surface area contributed by atoms with Crippen LogP contribution in [-0.4, -0.2) is 24.6 Å². The van der Waals surface area contributed by atoms with Gasteiger partial charge in [-0.05, 0) is 13.8 Å². The molecule has 0 radical (unpaired) electrons. The molecule has 0 spiro atoms. The van der Waals surface area contributed by atoms with Gasteiger partial charge in [0.15, 0.2) is 0 Å². The van der Waals surface area contributed by atoms with Gasteiger partial charge in [0.05, 0.1) is 6.61 Å². The smallest absolute Gasteiger partial charge is 0.318 e. The van der Waals surface area contributed by atoms with E-state index in [2.05, 4.69) is 4.74 Å². The summed E-state index contributed by atoms with van der Waals surface area (Å²) in [6.45, 7) is 0.0750. The van der Waals surface area contributed by atoms with Crippen molar-refractivity contribution < 1.29 is 31.1 Å². The van der Waals surface area contributed by atoms with Gasteiger partial charge in [-0.15, -0.1) is 0 Å². The molecule has 0 N–H and O–H groups in total. The van der Waals surface area contributed by atoms with Crippen LogP contribution in [0.5, 0.6) is 0 Å². The number of rotatable bonds is 3. The molecule has 0 aromatic heterocycles. The lowest BCUT2D eigenvalue weighted by Crippen LogP contribution is -2.54. The van der Waals surface area contributed by atoms with Crippen LogP contribution in [0.25, 0.3) is 0 Å². The van der Waals surface area contributed by atoms with Crippen LogP contribution in [0, 0.1) is 0 Å². The molecule has 1 atom stereocenters. The number of ether oxygens (including phenoxy) is 1. The first-order valence-electron chi connectivity index (χ1n) is 3.33. The third-order valence-electron chi connectivity index (χ3n) is 1.40. The van der Waals surface area contributed by atoms with Gasteiger partial charge >= 0.3 is 12.3 Å². The zero-order chi connectivity index (χ0) is 10.9. The lowest BCUT2D eigenvalue weighted by atomic mass is 10.1. The zero-order valence-electron chi connectivity index (χ0n) is 6.88. The maximum absolute atomic E-state index is 12.6. The fourth-order valence-electron chi connectivity index (χ4n) is 0.482. The monoisotopic (exact) mass is 210 g/mol. The largest absolute Gasteiger partial charge is 0.430 e. The molecule has 0 saturated heterocycles. The van der Waals surface area contributed by atoms with Gasteiger partial charge in [-0.2, -0.15) is 22.0 Å². The van der Waals surface area contributed by atoms with E-state index in [1.807, 2.05) is 0 Å². The molecular formula is C6H8F6O. The van der Waals surface area contributed by atoms with Crippen molar-refractivity contribution in [1.29, 1.82) is 0 Å². The summed E-state index contributed by atoms with van der Waals surface area (Å²) in [5.41, 5.74) is -4.67. The fourth-order valence-corrected chi connectivity index (χ4v) is 0.482. The van der Waals surface area contributed by atoms with Gasteiger partial charge in [0.1, 0.15) is 0 Å². The first-order valence-corrected chi connectivity index (χ1v) is 3.33. The van der Waals surface area contributed by atoms with Crippen molar-refractivity contribution >= 4 is 0 Å². The molecule has 1 nitrogen and oxygen atoms in total. The van der Waals surface area contributed by atoms with Crippen LogP contribution in [0.2, 0.25) is 0 Å². The van der Waals surface area contributed by atoms with Gasteiger partial charge < -0.3 is 4.74 Å². The summed E-state index contributed by atoms with van der Waals surface area (Å²) in [6, 6.07) is 0. The molecule has 0 aromatic rings. The van der Waals surface area contributed by atoms with E-state index in [1.165, 1.54) is 0 Å². The highest BCUT2D eigenvalue weighted by Gasteiger charge is 2.69. The molecular weight excluding hydrogens is 202 g/mol. The quantitative estimate of drug-likeness (QED) is 0.651. The topological polar surface area (TPSA) is 9.23 Å². The second-order valence-corrected chi connectivity index (χ2v) is 2.45. The molecule has 0 rings (SSSR count). The molecule has 0 fully saturated rings. The van der Waals surface area contributed by atoms with Gasteiger partial charge in [0.2, 0.25) is 0 Å². The fraction of sp³-hybridized carbons (Fsp3) is 1.00. The van der Waals surface area contributed by atoms with Crippen LogP contribution in [0.4, 0.5) is 26.3 Å².